The molecule has 0 fully saturated rings. The summed E-state index contributed by atoms with van der Waals surface area (Å²) < 4.78 is 5.06. The largest absolute Gasteiger partial charge is 0.389 e. The van der Waals surface area contributed by atoms with Gasteiger partial charge in [0.2, 0.25) is 0 Å². The lowest BCUT2D eigenvalue weighted by Gasteiger charge is -2.07. The summed E-state index contributed by atoms with van der Waals surface area (Å²) >= 11 is 0. The van der Waals surface area contributed by atoms with Gasteiger partial charge in [0.1, 0.15) is 0 Å². The van der Waals surface area contributed by atoms with Gasteiger partial charge in [-0.15, -0.1) is 0 Å². The number of hydrogen-bond acceptors (Lipinski definition) is 4. The maximum atomic E-state index is 11.6. The van der Waals surface area contributed by atoms with Crippen LogP contribution in [0.15, 0.2) is 27.4 Å². The van der Waals surface area contributed by atoms with Gasteiger partial charge in [-0.05, 0) is 38.5 Å². The standard InChI is InChI=1S/C12H14N2O2/c1-7(2)13-12-14-10-6-8(3)4-5-9(10)11(15)16-12/h4-7H,1-3H3,(H,13,14). The summed E-state index contributed by atoms with van der Waals surface area (Å²) in [5, 5.41) is 3.49. The number of anilines is 1. The first-order valence-electron chi connectivity index (χ1n) is 5.24. The van der Waals surface area contributed by atoms with Gasteiger partial charge in [-0.3, -0.25) is 0 Å². The molecule has 1 heterocycles. The Balaban J connectivity index is 2.61. The van der Waals surface area contributed by atoms with Crippen LogP contribution in [0.5, 0.6) is 0 Å². The van der Waals surface area contributed by atoms with Crippen molar-refractivity contribution >= 4 is 16.9 Å². The van der Waals surface area contributed by atoms with Crippen molar-refractivity contribution < 1.29 is 4.42 Å². The van der Waals surface area contributed by atoms with Crippen LogP contribution < -0.4 is 10.9 Å². The zero-order valence-corrected chi connectivity index (χ0v) is 9.57. The first-order chi connectivity index (χ1) is 7.56. The summed E-state index contributed by atoms with van der Waals surface area (Å²) in [4.78, 5) is 15.9. The predicted octanol–water partition coefficient (Wildman–Crippen LogP) is 2.32. The molecule has 1 aromatic heterocycles. The van der Waals surface area contributed by atoms with E-state index in [-0.39, 0.29) is 17.7 Å². The molecule has 0 aliphatic carbocycles. The van der Waals surface area contributed by atoms with Gasteiger partial charge in [0.25, 0.3) is 6.01 Å². The Labute approximate surface area is 93.3 Å². The van der Waals surface area contributed by atoms with Crippen LogP contribution in [0.1, 0.15) is 19.4 Å². The third-order valence-electron chi connectivity index (χ3n) is 2.20. The van der Waals surface area contributed by atoms with Gasteiger partial charge in [-0.25, -0.2) is 4.79 Å². The average molecular weight is 218 g/mol. The van der Waals surface area contributed by atoms with Crippen molar-refractivity contribution in [2.45, 2.75) is 26.8 Å². The molecule has 4 heteroatoms. The minimum absolute atomic E-state index is 0.179. The number of hydrogen-bond donors (Lipinski definition) is 1. The Morgan fingerprint density at radius 1 is 1.38 bits per heavy atom. The fourth-order valence-electron chi connectivity index (χ4n) is 1.49. The summed E-state index contributed by atoms with van der Waals surface area (Å²) in [6.07, 6.45) is 0. The highest BCUT2D eigenvalue weighted by Crippen LogP contribution is 2.13. The van der Waals surface area contributed by atoms with E-state index in [1.807, 2.05) is 32.9 Å². The van der Waals surface area contributed by atoms with Crippen molar-refractivity contribution in [2.24, 2.45) is 0 Å². The second-order valence-corrected chi connectivity index (χ2v) is 4.13. The number of nitrogens with zero attached hydrogens (tertiary/aromatic N) is 1. The van der Waals surface area contributed by atoms with E-state index >= 15 is 0 Å². The molecular weight excluding hydrogens is 204 g/mol. The Bertz CT molecular complexity index is 573. The summed E-state index contributed by atoms with van der Waals surface area (Å²) in [5.74, 6) is 0. The van der Waals surface area contributed by atoms with Crippen molar-refractivity contribution in [1.29, 1.82) is 0 Å². The van der Waals surface area contributed by atoms with Crippen LogP contribution in [0.4, 0.5) is 6.01 Å². The van der Waals surface area contributed by atoms with Gasteiger partial charge in [0, 0.05) is 6.04 Å². The Morgan fingerprint density at radius 2 is 2.12 bits per heavy atom. The van der Waals surface area contributed by atoms with Crippen LogP contribution >= 0.6 is 0 Å². The normalized spacial score (nSPS) is 11.0. The summed E-state index contributed by atoms with van der Waals surface area (Å²) in [6, 6.07) is 5.94. The third-order valence-corrected chi connectivity index (χ3v) is 2.20. The SMILES string of the molecule is Cc1ccc2c(=O)oc(NC(C)C)nc2c1. The van der Waals surface area contributed by atoms with E-state index in [0.717, 1.165) is 5.56 Å². The molecule has 2 aromatic rings. The molecule has 0 radical (unpaired) electrons. The van der Waals surface area contributed by atoms with Crippen molar-refractivity contribution in [3.63, 3.8) is 0 Å². The lowest BCUT2D eigenvalue weighted by Crippen LogP contribution is -2.14. The molecular formula is C12H14N2O2. The van der Waals surface area contributed by atoms with Crippen LogP contribution in [0.3, 0.4) is 0 Å². The van der Waals surface area contributed by atoms with Crippen molar-refractivity contribution in [2.75, 3.05) is 5.32 Å². The van der Waals surface area contributed by atoms with Gasteiger partial charge in [0.15, 0.2) is 0 Å². The van der Waals surface area contributed by atoms with Crippen LogP contribution in [-0.2, 0) is 0 Å². The van der Waals surface area contributed by atoms with Gasteiger partial charge in [-0.2, -0.15) is 4.98 Å². The van der Waals surface area contributed by atoms with E-state index < -0.39 is 0 Å². The Morgan fingerprint density at radius 3 is 2.81 bits per heavy atom. The predicted molar refractivity (Wildman–Crippen MR) is 63.8 cm³/mol. The van der Waals surface area contributed by atoms with E-state index in [0.29, 0.717) is 10.9 Å². The number of aromatic nitrogens is 1. The smallest absolute Gasteiger partial charge is 0.348 e. The van der Waals surface area contributed by atoms with Gasteiger partial charge in [-0.1, -0.05) is 6.07 Å². The van der Waals surface area contributed by atoms with Crippen molar-refractivity contribution in [3.8, 4) is 0 Å². The second kappa shape index (κ2) is 3.96. The number of fused-ring (bicyclic) bond motifs is 1. The maximum absolute atomic E-state index is 11.6. The second-order valence-electron chi connectivity index (χ2n) is 4.13. The number of aryl methyl sites for hydroxylation is 1. The number of nitrogens with one attached hydrogen (secondary N) is 1. The van der Waals surface area contributed by atoms with Gasteiger partial charge >= 0.3 is 5.63 Å². The monoisotopic (exact) mass is 218 g/mol. The molecule has 0 spiro atoms. The van der Waals surface area contributed by atoms with E-state index in [4.69, 9.17) is 4.42 Å². The molecule has 0 unspecified atom stereocenters. The summed E-state index contributed by atoms with van der Waals surface area (Å²) in [6.45, 7) is 5.88. The topological polar surface area (TPSA) is 55.1 Å². The average Bonchev–Trinajstić information content (AvgIpc) is 2.15. The van der Waals surface area contributed by atoms with Crippen LogP contribution in [0.25, 0.3) is 10.9 Å². The van der Waals surface area contributed by atoms with Crippen molar-refractivity contribution in [3.05, 3.63) is 34.2 Å². The summed E-state index contributed by atoms with van der Waals surface area (Å²) in [5.41, 5.74) is 1.38. The minimum atomic E-state index is -0.354. The fraction of sp³-hybridized carbons (Fsp3) is 0.333. The first-order valence-corrected chi connectivity index (χ1v) is 5.24. The molecule has 0 saturated carbocycles. The molecule has 0 aliphatic rings. The molecule has 0 atom stereocenters. The lowest BCUT2D eigenvalue weighted by atomic mass is 10.2. The van der Waals surface area contributed by atoms with Gasteiger partial charge in [0.05, 0.1) is 10.9 Å². The first kappa shape index (κ1) is 10.7. The van der Waals surface area contributed by atoms with E-state index in [1.165, 1.54) is 0 Å². The van der Waals surface area contributed by atoms with Crippen molar-refractivity contribution in [1.82, 2.24) is 4.98 Å². The Hall–Kier alpha value is -1.84. The molecule has 0 aliphatic heterocycles. The minimum Gasteiger partial charge on any atom is -0.389 e. The zero-order valence-electron chi connectivity index (χ0n) is 9.57. The number of benzene rings is 1. The maximum Gasteiger partial charge on any atom is 0.348 e. The lowest BCUT2D eigenvalue weighted by molar-refractivity contribution is 0.511. The van der Waals surface area contributed by atoms with E-state index in [2.05, 4.69) is 10.3 Å². The number of rotatable bonds is 2. The fourth-order valence-corrected chi connectivity index (χ4v) is 1.49. The molecule has 0 amide bonds. The third kappa shape index (κ3) is 2.05. The molecule has 2 rings (SSSR count). The molecule has 0 saturated heterocycles. The highest BCUT2D eigenvalue weighted by Gasteiger charge is 2.06. The zero-order chi connectivity index (χ0) is 11.7. The van der Waals surface area contributed by atoms with E-state index in [1.54, 1.807) is 6.07 Å². The van der Waals surface area contributed by atoms with Crippen LogP contribution in [0.2, 0.25) is 0 Å². The van der Waals surface area contributed by atoms with E-state index in [9.17, 15) is 4.79 Å². The molecule has 1 N–H and O–H groups in total. The molecule has 0 bridgehead atoms. The quantitative estimate of drug-likeness (QED) is 0.840. The molecule has 4 nitrogen and oxygen atoms in total. The molecule has 84 valence electrons. The van der Waals surface area contributed by atoms with Crippen LogP contribution in [0, 0.1) is 6.92 Å². The highest BCUT2D eigenvalue weighted by atomic mass is 16.4. The van der Waals surface area contributed by atoms with Crippen LogP contribution in [-0.4, -0.2) is 11.0 Å². The molecule has 16 heavy (non-hydrogen) atoms. The van der Waals surface area contributed by atoms with Gasteiger partial charge < -0.3 is 9.73 Å². The summed E-state index contributed by atoms with van der Waals surface area (Å²) in [7, 11) is 0. The molecule has 1 aromatic carbocycles. The highest BCUT2D eigenvalue weighted by molar-refractivity contribution is 5.78. The Kier molecular flexibility index (Phi) is 2.64.